The molecule has 0 radical (unpaired) electrons. The highest BCUT2D eigenvalue weighted by atomic mass is 19.3. The summed E-state index contributed by atoms with van der Waals surface area (Å²) in [4.78, 5) is 40.5. The summed E-state index contributed by atoms with van der Waals surface area (Å²) in [6.45, 7) is -2.95. The molecule has 3 rings (SSSR count). The molecule has 2 aromatic heterocycles. The van der Waals surface area contributed by atoms with Crippen molar-refractivity contribution >= 4 is 22.6 Å². The maximum absolute atomic E-state index is 12.3. The maximum atomic E-state index is 12.3. The van der Waals surface area contributed by atoms with Crippen LogP contribution in [0.4, 0.5) is 14.5 Å². The van der Waals surface area contributed by atoms with E-state index in [0.717, 1.165) is 4.57 Å². The molecule has 0 fully saturated rings. The molecular weight excluding hydrogens is 362 g/mol. The van der Waals surface area contributed by atoms with E-state index in [0.29, 0.717) is 0 Å². The number of ether oxygens (including phenoxy) is 1. The quantitative estimate of drug-likeness (QED) is 0.744. The third-order valence-electron chi connectivity index (χ3n) is 3.89. The van der Waals surface area contributed by atoms with Crippen LogP contribution in [0.15, 0.2) is 46.1 Å². The lowest BCUT2D eigenvalue weighted by Crippen LogP contribution is -2.37. The van der Waals surface area contributed by atoms with Gasteiger partial charge in [0.05, 0.1) is 17.3 Å². The number of aromatic nitrogens is 3. The fourth-order valence-corrected chi connectivity index (χ4v) is 2.52. The minimum atomic E-state index is -2.95. The van der Waals surface area contributed by atoms with E-state index in [1.165, 1.54) is 55.2 Å². The first-order valence-corrected chi connectivity index (χ1v) is 7.70. The molecule has 1 N–H and O–H groups in total. The van der Waals surface area contributed by atoms with Gasteiger partial charge in [0.25, 0.3) is 11.5 Å². The zero-order valence-electron chi connectivity index (χ0n) is 14.3. The average molecular weight is 376 g/mol. The molecule has 1 amide bonds. The third-order valence-corrected chi connectivity index (χ3v) is 3.89. The van der Waals surface area contributed by atoms with Crippen LogP contribution in [0.25, 0.3) is 11.0 Å². The molecule has 0 bridgehead atoms. The summed E-state index contributed by atoms with van der Waals surface area (Å²) >= 11 is 0. The number of nitrogens with one attached hydrogen (secondary N) is 1. The number of benzene rings is 1. The van der Waals surface area contributed by atoms with E-state index < -0.39 is 23.8 Å². The van der Waals surface area contributed by atoms with Crippen LogP contribution in [-0.4, -0.2) is 26.6 Å². The van der Waals surface area contributed by atoms with Crippen LogP contribution in [-0.2, 0) is 14.1 Å². The van der Waals surface area contributed by atoms with Gasteiger partial charge in [-0.15, -0.1) is 0 Å². The van der Waals surface area contributed by atoms with Gasteiger partial charge in [0.1, 0.15) is 11.4 Å². The Balaban J connectivity index is 1.89. The number of carbonyl (C=O) groups is 1. The smallest absolute Gasteiger partial charge is 0.387 e. The molecule has 2 heterocycles. The Kier molecular flexibility index (Phi) is 4.72. The molecular formula is C17H14F2N4O4. The number of hydrogen-bond donors (Lipinski definition) is 1. The topological polar surface area (TPSA) is 95.2 Å². The number of pyridine rings is 1. The Bertz CT molecular complexity index is 1140. The maximum Gasteiger partial charge on any atom is 0.387 e. The van der Waals surface area contributed by atoms with Crippen LogP contribution < -0.4 is 21.3 Å². The second-order valence-electron chi connectivity index (χ2n) is 5.66. The molecule has 10 heteroatoms. The molecule has 0 saturated carbocycles. The number of rotatable bonds is 4. The number of nitrogens with zero attached hydrogens (tertiary/aromatic N) is 3. The summed E-state index contributed by atoms with van der Waals surface area (Å²) in [7, 11) is 2.83. The summed E-state index contributed by atoms with van der Waals surface area (Å²) in [5.74, 6) is -0.597. The molecule has 0 unspecified atom stereocenters. The predicted molar refractivity (Wildman–Crippen MR) is 93.3 cm³/mol. The van der Waals surface area contributed by atoms with Crippen molar-refractivity contribution < 1.29 is 18.3 Å². The highest BCUT2D eigenvalue weighted by Gasteiger charge is 2.13. The van der Waals surface area contributed by atoms with E-state index in [1.807, 2.05) is 0 Å². The van der Waals surface area contributed by atoms with Crippen LogP contribution in [0.3, 0.4) is 0 Å². The molecule has 140 valence electrons. The Morgan fingerprint density at radius 2 is 1.81 bits per heavy atom. The number of alkyl halides is 2. The van der Waals surface area contributed by atoms with Crippen LogP contribution in [0, 0.1) is 0 Å². The minimum absolute atomic E-state index is 0.0710. The van der Waals surface area contributed by atoms with Crippen LogP contribution in [0.5, 0.6) is 5.75 Å². The van der Waals surface area contributed by atoms with E-state index in [-0.39, 0.29) is 28.0 Å². The monoisotopic (exact) mass is 376 g/mol. The first-order valence-electron chi connectivity index (χ1n) is 7.70. The number of anilines is 1. The Hall–Kier alpha value is -3.56. The van der Waals surface area contributed by atoms with Crippen molar-refractivity contribution in [3.8, 4) is 5.75 Å². The van der Waals surface area contributed by atoms with Crippen molar-refractivity contribution in [3.05, 3.63) is 62.9 Å². The Labute approximate surface area is 150 Å². The van der Waals surface area contributed by atoms with Gasteiger partial charge in [-0.1, -0.05) is 0 Å². The highest BCUT2D eigenvalue weighted by Crippen LogP contribution is 2.17. The van der Waals surface area contributed by atoms with E-state index in [4.69, 9.17) is 0 Å². The molecule has 0 atom stereocenters. The number of hydrogen-bond acceptors (Lipinski definition) is 5. The SMILES string of the molecule is Cn1c(=O)c2cc(NC(=O)c3ccc(OC(F)F)cc3)cnc2n(C)c1=O. The molecule has 0 aliphatic carbocycles. The molecule has 27 heavy (non-hydrogen) atoms. The van der Waals surface area contributed by atoms with Crippen LogP contribution in [0.1, 0.15) is 10.4 Å². The van der Waals surface area contributed by atoms with E-state index >= 15 is 0 Å². The molecule has 0 aliphatic rings. The average Bonchev–Trinajstić information content (AvgIpc) is 2.64. The van der Waals surface area contributed by atoms with Gasteiger partial charge in [-0.2, -0.15) is 8.78 Å². The van der Waals surface area contributed by atoms with Crippen molar-refractivity contribution in [2.45, 2.75) is 6.61 Å². The molecule has 3 aromatic rings. The van der Waals surface area contributed by atoms with E-state index in [9.17, 15) is 23.2 Å². The van der Waals surface area contributed by atoms with E-state index in [1.54, 1.807) is 0 Å². The molecule has 0 aliphatic heterocycles. The largest absolute Gasteiger partial charge is 0.435 e. The van der Waals surface area contributed by atoms with Crippen LogP contribution >= 0.6 is 0 Å². The van der Waals surface area contributed by atoms with Gasteiger partial charge in [-0.05, 0) is 30.3 Å². The van der Waals surface area contributed by atoms with Crippen molar-refractivity contribution in [1.29, 1.82) is 0 Å². The second kappa shape index (κ2) is 6.98. The number of amides is 1. The van der Waals surface area contributed by atoms with Crippen molar-refractivity contribution in [2.75, 3.05) is 5.32 Å². The lowest BCUT2D eigenvalue weighted by atomic mass is 10.2. The van der Waals surface area contributed by atoms with Gasteiger partial charge < -0.3 is 10.1 Å². The van der Waals surface area contributed by atoms with Crippen molar-refractivity contribution in [2.24, 2.45) is 14.1 Å². The fraction of sp³-hybridized carbons (Fsp3) is 0.176. The summed E-state index contributed by atoms with van der Waals surface area (Å²) in [6.07, 6.45) is 1.31. The lowest BCUT2D eigenvalue weighted by molar-refractivity contribution is -0.0498. The summed E-state index contributed by atoms with van der Waals surface area (Å²) in [5, 5.41) is 2.73. The first-order chi connectivity index (χ1) is 12.8. The number of halogens is 2. The van der Waals surface area contributed by atoms with Gasteiger partial charge in [0, 0.05) is 19.7 Å². The zero-order valence-corrected chi connectivity index (χ0v) is 14.3. The lowest BCUT2D eigenvalue weighted by Gasteiger charge is -2.09. The minimum Gasteiger partial charge on any atom is -0.435 e. The van der Waals surface area contributed by atoms with E-state index in [2.05, 4.69) is 15.0 Å². The number of aryl methyl sites for hydroxylation is 1. The van der Waals surface area contributed by atoms with Crippen LogP contribution in [0.2, 0.25) is 0 Å². The summed E-state index contributed by atoms with van der Waals surface area (Å²) in [6, 6.07) is 6.54. The fourth-order valence-electron chi connectivity index (χ4n) is 2.52. The second-order valence-corrected chi connectivity index (χ2v) is 5.66. The van der Waals surface area contributed by atoms with Crippen molar-refractivity contribution in [1.82, 2.24) is 14.1 Å². The third kappa shape index (κ3) is 3.54. The normalized spacial score (nSPS) is 11.0. The summed E-state index contributed by atoms with van der Waals surface area (Å²) in [5.41, 5.74) is -0.413. The van der Waals surface area contributed by atoms with Crippen molar-refractivity contribution in [3.63, 3.8) is 0 Å². The molecule has 0 saturated heterocycles. The number of carbonyl (C=O) groups excluding carboxylic acids is 1. The first kappa shape index (κ1) is 18.2. The van der Waals surface area contributed by atoms with Gasteiger partial charge in [0.2, 0.25) is 0 Å². The van der Waals surface area contributed by atoms with Gasteiger partial charge in [-0.3, -0.25) is 18.7 Å². The molecule has 8 nitrogen and oxygen atoms in total. The van der Waals surface area contributed by atoms with Gasteiger partial charge >= 0.3 is 12.3 Å². The molecule has 0 spiro atoms. The Morgan fingerprint density at radius 1 is 1.15 bits per heavy atom. The molecule has 1 aromatic carbocycles. The van der Waals surface area contributed by atoms with Gasteiger partial charge in [-0.25, -0.2) is 9.78 Å². The highest BCUT2D eigenvalue weighted by molar-refractivity contribution is 6.04. The standard InChI is InChI=1S/C17H14F2N4O4/c1-22-13-12(15(25)23(2)17(22)26)7-10(8-20-13)21-14(24)9-3-5-11(6-4-9)27-16(18)19/h3-8,16H,1-2H3,(H,21,24). The zero-order chi connectivity index (χ0) is 19.7. The Morgan fingerprint density at radius 3 is 2.44 bits per heavy atom. The number of fused-ring (bicyclic) bond motifs is 1. The predicted octanol–water partition coefficient (Wildman–Crippen LogP) is 1.49. The summed E-state index contributed by atoms with van der Waals surface area (Å²) < 4.78 is 30.7. The van der Waals surface area contributed by atoms with Gasteiger partial charge in [0.15, 0.2) is 0 Å².